The molecule has 1 unspecified atom stereocenters. The van der Waals surface area contributed by atoms with Crippen LogP contribution in [-0.4, -0.2) is 43.7 Å². The van der Waals surface area contributed by atoms with Gasteiger partial charge in [0, 0.05) is 32.6 Å². The number of carbonyl (C=O) groups is 1. The molecule has 0 saturated carbocycles. The highest BCUT2D eigenvalue weighted by Crippen LogP contribution is 2.15. The van der Waals surface area contributed by atoms with Gasteiger partial charge in [0.1, 0.15) is 0 Å². The fourth-order valence-electron chi connectivity index (χ4n) is 2.49. The zero-order valence-corrected chi connectivity index (χ0v) is 13.3. The molecule has 1 aliphatic heterocycles. The van der Waals surface area contributed by atoms with Gasteiger partial charge in [0.2, 0.25) is 5.91 Å². The number of amides is 1. The molecule has 1 aromatic rings. The van der Waals surface area contributed by atoms with E-state index in [1.165, 1.54) is 11.1 Å². The highest BCUT2D eigenvalue weighted by molar-refractivity contribution is 5.76. The minimum atomic E-state index is 0.150. The first-order chi connectivity index (χ1) is 10.1. The predicted octanol–water partition coefficient (Wildman–Crippen LogP) is 2.15. The zero-order chi connectivity index (χ0) is 15.2. The highest BCUT2D eigenvalue weighted by atomic mass is 16.5. The van der Waals surface area contributed by atoms with E-state index < -0.39 is 0 Å². The zero-order valence-electron chi connectivity index (χ0n) is 13.3. The van der Waals surface area contributed by atoms with Crippen molar-refractivity contribution >= 4 is 5.91 Å². The fourth-order valence-corrected chi connectivity index (χ4v) is 2.49. The predicted molar refractivity (Wildman–Crippen MR) is 84.2 cm³/mol. The molecular formula is C17H26N2O2. The van der Waals surface area contributed by atoms with Crippen LogP contribution in [0.15, 0.2) is 24.3 Å². The van der Waals surface area contributed by atoms with E-state index in [1.807, 2.05) is 7.05 Å². The number of benzene rings is 1. The van der Waals surface area contributed by atoms with E-state index in [4.69, 9.17) is 4.74 Å². The first-order valence-corrected chi connectivity index (χ1v) is 7.70. The summed E-state index contributed by atoms with van der Waals surface area (Å²) in [5.41, 5.74) is 2.50. The van der Waals surface area contributed by atoms with Gasteiger partial charge in [-0.3, -0.25) is 4.79 Å². The topological polar surface area (TPSA) is 41.6 Å². The molecule has 4 heteroatoms. The Hall–Kier alpha value is -1.39. The van der Waals surface area contributed by atoms with Gasteiger partial charge in [0.25, 0.3) is 0 Å². The largest absolute Gasteiger partial charge is 0.378 e. The minimum Gasteiger partial charge on any atom is -0.378 e. The van der Waals surface area contributed by atoms with E-state index >= 15 is 0 Å². The lowest BCUT2D eigenvalue weighted by Gasteiger charge is -2.25. The summed E-state index contributed by atoms with van der Waals surface area (Å²) >= 11 is 0. The lowest BCUT2D eigenvalue weighted by molar-refractivity contribution is -0.131. The van der Waals surface area contributed by atoms with Crippen LogP contribution in [0.5, 0.6) is 0 Å². The van der Waals surface area contributed by atoms with Crippen LogP contribution < -0.4 is 5.32 Å². The Morgan fingerprint density at radius 1 is 1.38 bits per heavy atom. The molecule has 21 heavy (non-hydrogen) atoms. The van der Waals surface area contributed by atoms with Crippen molar-refractivity contribution in [2.75, 3.05) is 26.8 Å². The van der Waals surface area contributed by atoms with Crippen LogP contribution in [0, 0.1) is 0 Å². The smallest absolute Gasteiger partial charge is 0.224 e. The van der Waals surface area contributed by atoms with E-state index in [0.717, 1.165) is 13.2 Å². The van der Waals surface area contributed by atoms with E-state index in [9.17, 15) is 4.79 Å². The Balaban J connectivity index is 1.84. The molecule has 1 fully saturated rings. The number of hydrogen-bond donors (Lipinski definition) is 1. The summed E-state index contributed by atoms with van der Waals surface area (Å²) in [7, 11) is 1.86. The van der Waals surface area contributed by atoms with E-state index in [-0.39, 0.29) is 11.9 Å². The normalized spacial score (nSPS) is 18.8. The van der Waals surface area contributed by atoms with Crippen molar-refractivity contribution in [1.82, 2.24) is 10.2 Å². The van der Waals surface area contributed by atoms with Crippen molar-refractivity contribution in [1.29, 1.82) is 0 Å². The van der Waals surface area contributed by atoms with Gasteiger partial charge in [-0.2, -0.15) is 0 Å². The molecule has 4 nitrogen and oxygen atoms in total. The molecule has 116 valence electrons. The van der Waals surface area contributed by atoms with E-state index in [1.54, 1.807) is 4.90 Å². The van der Waals surface area contributed by atoms with Gasteiger partial charge in [-0.1, -0.05) is 38.1 Å². The monoisotopic (exact) mass is 290 g/mol. The van der Waals surface area contributed by atoms with Crippen LogP contribution >= 0.6 is 0 Å². The summed E-state index contributed by atoms with van der Waals surface area (Å²) < 4.78 is 5.38. The molecule has 1 aromatic carbocycles. The maximum absolute atomic E-state index is 12.2. The summed E-state index contributed by atoms with van der Waals surface area (Å²) in [6, 6.07) is 8.67. The molecule has 1 heterocycles. The van der Waals surface area contributed by atoms with Crippen molar-refractivity contribution in [3.05, 3.63) is 35.4 Å². The second-order valence-corrected chi connectivity index (χ2v) is 6.08. The van der Waals surface area contributed by atoms with Gasteiger partial charge in [-0.15, -0.1) is 0 Å². The maximum atomic E-state index is 12.2. The molecule has 1 atom stereocenters. The molecule has 0 aromatic heterocycles. The Bertz CT molecular complexity index is 450. The van der Waals surface area contributed by atoms with Crippen molar-refractivity contribution in [2.24, 2.45) is 0 Å². The summed E-state index contributed by atoms with van der Waals surface area (Å²) in [4.78, 5) is 14.0. The number of carbonyl (C=O) groups excluding carboxylic acids is 1. The quantitative estimate of drug-likeness (QED) is 0.903. The molecule has 1 N–H and O–H groups in total. The molecule has 0 radical (unpaired) electrons. The maximum Gasteiger partial charge on any atom is 0.224 e. The minimum absolute atomic E-state index is 0.150. The van der Waals surface area contributed by atoms with Crippen molar-refractivity contribution < 1.29 is 9.53 Å². The van der Waals surface area contributed by atoms with Gasteiger partial charge in [0.05, 0.1) is 13.2 Å². The van der Waals surface area contributed by atoms with Crippen molar-refractivity contribution in [3.8, 4) is 0 Å². The van der Waals surface area contributed by atoms with Crippen molar-refractivity contribution in [3.63, 3.8) is 0 Å². The molecule has 1 saturated heterocycles. The average Bonchev–Trinajstić information content (AvgIpc) is 2.48. The third kappa shape index (κ3) is 4.83. The standard InChI is InChI=1S/C17H26N2O2/c1-13(2)15-6-4-14(5-7-15)11-19(3)17(20)10-16-12-21-9-8-18-16/h4-7,13,16,18H,8-12H2,1-3H3. The highest BCUT2D eigenvalue weighted by Gasteiger charge is 2.19. The molecule has 1 amide bonds. The first-order valence-electron chi connectivity index (χ1n) is 7.70. The van der Waals surface area contributed by atoms with Crippen molar-refractivity contribution in [2.45, 2.75) is 38.8 Å². The molecule has 1 aliphatic rings. The third-order valence-electron chi connectivity index (χ3n) is 3.91. The number of rotatable bonds is 5. The van der Waals surface area contributed by atoms with E-state index in [0.29, 0.717) is 25.5 Å². The number of morpholine rings is 1. The summed E-state index contributed by atoms with van der Waals surface area (Å²) in [5.74, 6) is 0.696. The van der Waals surface area contributed by atoms with Gasteiger partial charge in [-0.05, 0) is 17.0 Å². The molecule has 2 rings (SSSR count). The SMILES string of the molecule is CC(C)c1ccc(CN(C)C(=O)CC2COCCN2)cc1. The summed E-state index contributed by atoms with van der Waals surface area (Å²) in [6.45, 7) is 7.22. The molecule has 0 aliphatic carbocycles. The number of nitrogens with zero attached hydrogens (tertiary/aromatic N) is 1. The van der Waals surface area contributed by atoms with Crippen LogP contribution in [0.25, 0.3) is 0 Å². The van der Waals surface area contributed by atoms with Crippen LogP contribution in [0.3, 0.4) is 0 Å². The lowest BCUT2D eigenvalue weighted by atomic mass is 10.0. The first kappa shape index (κ1) is 16.0. The number of hydrogen-bond acceptors (Lipinski definition) is 3. The van der Waals surface area contributed by atoms with Gasteiger partial charge >= 0.3 is 0 Å². The van der Waals surface area contributed by atoms with Gasteiger partial charge in [-0.25, -0.2) is 0 Å². The second kappa shape index (κ2) is 7.57. The van der Waals surface area contributed by atoms with Gasteiger partial charge in [0.15, 0.2) is 0 Å². The van der Waals surface area contributed by atoms with Crippen LogP contribution in [0.1, 0.15) is 37.3 Å². The lowest BCUT2D eigenvalue weighted by Crippen LogP contribution is -2.44. The van der Waals surface area contributed by atoms with Crippen LogP contribution in [-0.2, 0) is 16.1 Å². The van der Waals surface area contributed by atoms with Crippen LogP contribution in [0.2, 0.25) is 0 Å². The third-order valence-corrected chi connectivity index (χ3v) is 3.91. The average molecular weight is 290 g/mol. The Kier molecular flexibility index (Phi) is 5.76. The molecule has 0 bridgehead atoms. The summed E-state index contributed by atoms with van der Waals surface area (Å²) in [5, 5.41) is 3.32. The molecular weight excluding hydrogens is 264 g/mol. The van der Waals surface area contributed by atoms with Crippen LogP contribution in [0.4, 0.5) is 0 Å². The Morgan fingerprint density at radius 3 is 2.67 bits per heavy atom. The second-order valence-electron chi connectivity index (χ2n) is 6.08. The number of ether oxygens (including phenoxy) is 1. The summed E-state index contributed by atoms with van der Waals surface area (Å²) in [6.07, 6.45) is 0.501. The van der Waals surface area contributed by atoms with E-state index in [2.05, 4.69) is 43.4 Å². The Labute approximate surface area is 127 Å². The fraction of sp³-hybridized carbons (Fsp3) is 0.588. The van der Waals surface area contributed by atoms with Gasteiger partial charge < -0.3 is 15.0 Å². The molecule has 0 spiro atoms. The Morgan fingerprint density at radius 2 is 2.10 bits per heavy atom. The number of nitrogens with one attached hydrogen (secondary N) is 1.